The number of nitrogens with one attached hydrogen (secondary N) is 1. The predicted octanol–water partition coefficient (Wildman–Crippen LogP) is -0.0609. The maximum absolute atomic E-state index is 11.2. The Bertz CT molecular complexity index is 301. The molecule has 2 N–H and O–H groups in total. The van der Waals surface area contributed by atoms with Gasteiger partial charge in [-0.25, -0.2) is 8.42 Å². The van der Waals surface area contributed by atoms with Gasteiger partial charge in [-0.05, 0) is 26.7 Å². The van der Waals surface area contributed by atoms with Gasteiger partial charge in [0, 0.05) is 12.6 Å². The molecule has 102 valence electrons. The second-order valence-electron chi connectivity index (χ2n) is 4.87. The summed E-state index contributed by atoms with van der Waals surface area (Å²) in [4.78, 5) is 0. The van der Waals surface area contributed by atoms with Crippen molar-refractivity contribution in [1.29, 1.82) is 0 Å². The molecule has 6 heteroatoms. The molecule has 1 aliphatic heterocycles. The Labute approximate surface area is 103 Å². The summed E-state index contributed by atoms with van der Waals surface area (Å²) >= 11 is 0. The van der Waals surface area contributed by atoms with Gasteiger partial charge in [0.25, 0.3) is 0 Å². The van der Waals surface area contributed by atoms with Crippen LogP contribution in [0.1, 0.15) is 26.7 Å². The molecule has 1 heterocycles. The summed E-state index contributed by atoms with van der Waals surface area (Å²) in [5, 5.41) is 12.8. The Morgan fingerprint density at radius 3 is 2.47 bits per heavy atom. The molecule has 0 aliphatic carbocycles. The van der Waals surface area contributed by atoms with Crippen molar-refractivity contribution < 1.29 is 18.3 Å². The molecule has 0 radical (unpaired) electrons. The summed E-state index contributed by atoms with van der Waals surface area (Å²) in [5.41, 5.74) is 0. The van der Waals surface area contributed by atoms with Crippen LogP contribution in [0.25, 0.3) is 0 Å². The molecule has 1 rings (SSSR count). The van der Waals surface area contributed by atoms with Gasteiger partial charge < -0.3 is 15.2 Å². The van der Waals surface area contributed by atoms with Crippen LogP contribution in [0, 0.1) is 0 Å². The largest absolute Gasteiger partial charge is 0.389 e. The van der Waals surface area contributed by atoms with Crippen LogP contribution < -0.4 is 5.32 Å². The summed E-state index contributed by atoms with van der Waals surface area (Å²) in [6.07, 6.45) is 0.862. The zero-order valence-electron chi connectivity index (χ0n) is 10.6. The Morgan fingerprint density at radius 1 is 1.35 bits per heavy atom. The maximum Gasteiger partial charge on any atom is 0.150 e. The van der Waals surface area contributed by atoms with Crippen molar-refractivity contribution in [1.82, 2.24) is 5.32 Å². The van der Waals surface area contributed by atoms with Gasteiger partial charge in [-0.2, -0.15) is 0 Å². The van der Waals surface area contributed by atoms with E-state index in [1.807, 2.05) is 13.8 Å². The van der Waals surface area contributed by atoms with E-state index < -0.39 is 15.9 Å². The molecule has 0 aromatic rings. The van der Waals surface area contributed by atoms with Crippen LogP contribution in [0.5, 0.6) is 0 Å². The van der Waals surface area contributed by atoms with Crippen LogP contribution >= 0.6 is 0 Å². The number of ether oxygens (including phenoxy) is 1. The second-order valence-corrected chi connectivity index (χ2v) is 7.17. The third-order valence-electron chi connectivity index (χ3n) is 2.82. The number of hydrogen-bond donors (Lipinski definition) is 2. The van der Waals surface area contributed by atoms with Crippen LogP contribution in [-0.4, -0.2) is 56.4 Å². The third kappa shape index (κ3) is 6.35. The van der Waals surface area contributed by atoms with Gasteiger partial charge in [-0.15, -0.1) is 0 Å². The van der Waals surface area contributed by atoms with E-state index >= 15 is 0 Å². The molecule has 1 unspecified atom stereocenters. The van der Waals surface area contributed by atoms with Gasteiger partial charge in [-0.1, -0.05) is 0 Å². The molecule has 1 fully saturated rings. The molecule has 0 amide bonds. The number of sulfone groups is 1. The van der Waals surface area contributed by atoms with Crippen molar-refractivity contribution in [3.05, 3.63) is 0 Å². The first-order chi connectivity index (χ1) is 7.89. The summed E-state index contributed by atoms with van der Waals surface area (Å²) in [6.45, 7) is 4.62. The molecule has 0 aromatic carbocycles. The SMILES string of the molecule is CC(C)OCC(O)CNC1CCS(=O)(=O)CC1. The van der Waals surface area contributed by atoms with Crippen molar-refractivity contribution in [2.45, 2.75) is 44.9 Å². The molecular weight excluding hydrogens is 242 g/mol. The van der Waals surface area contributed by atoms with Crippen LogP contribution in [-0.2, 0) is 14.6 Å². The van der Waals surface area contributed by atoms with Crippen molar-refractivity contribution in [2.75, 3.05) is 24.7 Å². The molecule has 1 saturated heterocycles. The highest BCUT2D eigenvalue weighted by Gasteiger charge is 2.23. The lowest BCUT2D eigenvalue weighted by Crippen LogP contribution is -2.42. The minimum atomic E-state index is -2.80. The molecule has 0 spiro atoms. The van der Waals surface area contributed by atoms with E-state index in [0.29, 0.717) is 26.0 Å². The zero-order valence-corrected chi connectivity index (χ0v) is 11.4. The van der Waals surface area contributed by atoms with Gasteiger partial charge >= 0.3 is 0 Å². The van der Waals surface area contributed by atoms with Crippen LogP contribution in [0.2, 0.25) is 0 Å². The molecule has 0 saturated carbocycles. The Balaban J connectivity index is 2.14. The van der Waals surface area contributed by atoms with Gasteiger partial charge in [0.15, 0.2) is 0 Å². The normalized spacial score (nSPS) is 22.8. The average molecular weight is 265 g/mol. The Kier molecular flexibility index (Phi) is 5.85. The lowest BCUT2D eigenvalue weighted by molar-refractivity contribution is 0.00535. The van der Waals surface area contributed by atoms with Gasteiger partial charge in [-0.3, -0.25) is 0 Å². The summed E-state index contributed by atoms with van der Waals surface area (Å²) in [6, 6.07) is 0.201. The highest BCUT2D eigenvalue weighted by Crippen LogP contribution is 2.11. The lowest BCUT2D eigenvalue weighted by atomic mass is 10.1. The molecule has 17 heavy (non-hydrogen) atoms. The minimum absolute atomic E-state index is 0.115. The van der Waals surface area contributed by atoms with E-state index in [1.54, 1.807) is 0 Å². The summed E-state index contributed by atoms with van der Waals surface area (Å²) in [5.74, 6) is 0.506. The first-order valence-electron chi connectivity index (χ1n) is 6.12. The third-order valence-corrected chi connectivity index (χ3v) is 4.53. The van der Waals surface area contributed by atoms with Crippen molar-refractivity contribution in [2.24, 2.45) is 0 Å². The summed E-state index contributed by atoms with van der Waals surface area (Å²) in [7, 11) is -2.80. The average Bonchev–Trinajstić information content (AvgIpc) is 2.25. The lowest BCUT2D eigenvalue weighted by Gasteiger charge is -2.24. The fourth-order valence-electron chi connectivity index (χ4n) is 1.76. The minimum Gasteiger partial charge on any atom is -0.389 e. The Morgan fingerprint density at radius 2 is 1.94 bits per heavy atom. The molecule has 1 aliphatic rings. The van der Waals surface area contributed by atoms with E-state index in [1.165, 1.54) is 0 Å². The number of aliphatic hydroxyl groups is 1. The zero-order chi connectivity index (χ0) is 12.9. The number of rotatable bonds is 6. The monoisotopic (exact) mass is 265 g/mol. The maximum atomic E-state index is 11.2. The fourth-order valence-corrected chi connectivity index (χ4v) is 3.25. The van der Waals surface area contributed by atoms with Crippen LogP contribution in [0.4, 0.5) is 0 Å². The molecule has 0 bridgehead atoms. The van der Waals surface area contributed by atoms with Gasteiger partial charge in [0.1, 0.15) is 9.84 Å². The molecular formula is C11H23NO4S. The van der Waals surface area contributed by atoms with Crippen LogP contribution in [0.3, 0.4) is 0 Å². The van der Waals surface area contributed by atoms with Crippen molar-refractivity contribution in [3.63, 3.8) is 0 Å². The van der Waals surface area contributed by atoms with Gasteiger partial charge in [0.2, 0.25) is 0 Å². The number of aliphatic hydroxyl groups excluding tert-OH is 1. The first-order valence-corrected chi connectivity index (χ1v) is 7.94. The van der Waals surface area contributed by atoms with Crippen LogP contribution in [0.15, 0.2) is 0 Å². The fraction of sp³-hybridized carbons (Fsp3) is 1.00. The molecule has 5 nitrogen and oxygen atoms in total. The van der Waals surface area contributed by atoms with E-state index in [2.05, 4.69) is 5.32 Å². The highest BCUT2D eigenvalue weighted by atomic mass is 32.2. The molecule has 1 atom stereocenters. The first kappa shape index (κ1) is 14.9. The smallest absolute Gasteiger partial charge is 0.150 e. The van der Waals surface area contributed by atoms with E-state index in [0.717, 1.165) is 0 Å². The Hall–Kier alpha value is -0.170. The van der Waals surface area contributed by atoms with Crippen molar-refractivity contribution in [3.8, 4) is 0 Å². The predicted molar refractivity (Wildman–Crippen MR) is 66.8 cm³/mol. The second kappa shape index (κ2) is 6.68. The quantitative estimate of drug-likeness (QED) is 0.703. The van der Waals surface area contributed by atoms with Gasteiger partial charge in [0.05, 0.1) is 30.3 Å². The van der Waals surface area contributed by atoms with E-state index in [4.69, 9.17) is 4.74 Å². The number of hydrogen-bond acceptors (Lipinski definition) is 5. The molecule has 0 aromatic heterocycles. The topological polar surface area (TPSA) is 75.6 Å². The van der Waals surface area contributed by atoms with Crippen molar-refractivity contribution >= 4 is 9.84 Å². The van der Waals surface area contributed by atoms with E-state index in [9.17, 15) is 13.5 Å². The highest BCUT2D eigenvalue weighted by molar-refractivity contribution is 7.91. The summed E-state index contributed by atoms with van der Waals surface area (Å²) < 4.78 is 27.7. The van der Waals surface area contributed by atoms with E-state index in [-0.39, 0.29) is 23.7 Å². The standard InChI is InChI=1S/C11H23NO4S/c1-9(2)16-8-11(13)7-12-10-3-5-17(14,15)6-4-10/h9-13H,3-8H2,1-2H3.